The lowest BCUT2D eigenvalue weighted by atomic mass is 9.97. The monoisotopic (exact) mass is 494 g/mol. The number of aliphatic hydroxyl groups excluding tert-OH is 1. The molecule has 1 aromatic carbocycles. The molecule has 1 N–H and O–H groups in total. The lowest BCUT2D eigenvalue weighted by Gasteiger charge is -2.47. The fraction of sp³-hybridized carbons (Fsp3) is 0.560. The van der Waals surface area contributed by atoms with Crippen molar-refractivity contribution in [3.8, 4) is 0 Å². The van der Waals surface area contributed by atoms with Gasteiger partial charge >= 0.3 is 0 Å². The molecule has 5 nitrogen and oxygen atoms in total. The quantitative estimate of drug-likeness (QED) is 0.601. The van der Waals surface area contributed by atoms with Crippen molar-refractivity contribution in [2.75, 3.05) is 37.6 Å². The molecule has 0 spiro atoms. The summed E-state index contributed by atoms with van der Waals surface area (Å²) in [6, 6.07) is 7.76. The summed E-state index contributed by atoms with van der Waals surface area (Å²) in [6.07, 6.45) is 4.39. The molecule has 1 aromatic heterocycles. The zero-order chi connectivity index (χ0) is 23.5. The highest BCUT2D eigenvalue weighted by atomic mass is 35.5. The second-order valence-corrected chi connectivity index (χ2v) is 10.1. The van der Waals surface area contributed by atoms with Crippen molar-refractivity contribution in [2.45, 2.75) is 57.8 Å². The van der Waals surface area contributed by atoms with E-state index < -0.39 is 6.10 Å². The minimum atomic E-state index is -0.577. The molecule has 180 valence electrons. The Morgan fingerprint density at radius 3 is 2.55 bits per heavy atom. The van der Waals surface area contributed by atoms with Crippen molar-refractivity contribution in [2.24, 2.45) is 0 Å². The first kappa shape index (κ1) is 24.7. The molecule has 33 heavy (non-hydrogen) atoms. The smallest absolute Gasteiger partial charge is 0.147 e. The lowest BCUT2D eigenvalue weighted by molar-refractivity contribution is 0.0607. The summed E-state index contributed by atoms with van der Waals surface area (Å²) in [5, 5.41) is 10.8. The Morgan fingerprint density at radius 2 is 1.91 bits per heavy atom. The minimum Gasteiger partial charge on any atom is -0.389 e. The summed E-state index contributed by atoms with van der Waals surface area (Å²) < 4.78 is 14.2. The summed E-state index contributed by atoms with van der Waals surface area (Å²) in [6.45, 7) is 9.29. The van der Waals surface area contributed by atoms with Gasteiger partial charge in [-0.1, -0.05) is 36.2 Å². The molecule has 4 rings (SSSR count). The Balaban J connectivity index is 1.34. The Kier molecular flexibility index (Phi) is 8.13. The van der Waals surface area contributed by atoms with E-state index in [1.54, 1.807) is 25.3 Å². The van der Waals surface area contributed by atoms with Gasteiger partial charge in [-0.15, -0.1) is 0 Å². The van der Waals surface area contributed by atoms with Crippen LogP contribution in [0.25, 0.3) is 0 Å². The van der Waals surface area contributed by atoms with Gasteiger partial charge < -0.3 is 10.0 Å². The molecule has 2 aliphatic rings. The van der Waals surface area contributed by atoms with E-state index in [9.17, 15) is 9.50 Å². The van der Waals surface area contributed by atoms with Gasteiger partial charge in [0.15, 0.2) is 0 Å². The van der Waals surface area contributed by atoms with E-state index in [0.29, 0.717) is 34.2 Å². The highest BCUT2D eigenvalue weighted by Gasteiger charge is 2.34. The van der Waals surface area contributed by atoms with Gasteiger partial charge in [0, 0.05) is 60.6 Å². The van der Waals surface area contributed by atoms with Gasteiger partial charge in [-0.3, -0.25) is 9.80 Å². The number of nitrogens with zero attached hydrogens (tertiary/aromatic N) is 4. The summed E-state index contributed by atoms with van der Waals surface area (Å²) >= 11 is 12.4. The van der Waals surface area contributed by atoms with Crippen molar-refractivity contribution >= 4 is 29.0 Å². The van der Waals surface area contributed by atoms with E-state index in [2.05, 4.69) is 26.6 Å². The molecular weight excluding hydrogens is 462 g/mol. The highest BCUT2D eigenvalue weighted by Crippen LogP contribution is 2.31. The number of piperazine rings is 1. The number of pyridine rings is 1. The predicted molar refractivity (Wildman–Crippen MR) is 133 cm³/mol. The Labute approximate surface area is 206 Å². The SMILES string of the molecule is CC[C@H]1CN(c2ncc(C(C)O)cc2Cl)CCN1C1CCN(Cc2ccc(Cl)cc2F)CC1. The van der Waals surface area contributed by atoms with Crippen LogP contribution in [0.3, 0.4) is 0 Å². The van der Waals surface area contributed by atoms with E-state index >= 15 is 0 Å². The second kappa shape index (κ2) is 10.9. The molecule has 0 bridgehead atoms. The Morgan fingerprint density at radius 1 is 1.15 bits per heavy atom. The number of aliphatic hydroxyl groups is 1. The summed E-state index contributed by atoms with van der Waals surface area (Å²) in [5.41, 5.74) is 1.45. The number of hydrogen-bond donors (Lipinski definition) is 1. The standard InChI is InChI=1S/C25H33Cl2FN4O/c1-3-21-16-31(25-23(27)12-19(14-29-25)17(2)33)10-11-32(21)22-6-8-30(9-7-22)15-18-4-5-20(26)13-24(18)28/h4-5,12-14,17,21-22,33H,3,6-11,15-16H2,1-2H3/t17?,21-/m0/s1. The molecule has 0 aliphatic carbocycles. The second-order valence-electron chi connectivity index (χ2n) is 9.24. The van der Waals surface area contributed by atoms with Crippen LogP contribution in [0.1, 0.15) is 50.3 Å². The van der Waals surface area contributed by atoms with Crippen molar-refractivity contribution in [1.82, 2.24) is 14.8 Å². The van der Waals surface area contributed by atoms with E-state index in [1.807, 2.05) is 6.07 Å². The van der Waals surface area contributed by atoms with E-state index in [-0.39, 0.29) is 5.82 Å². The number of hydrogen-bond acceptors (Lipinski definition) is 5. The first-order chi connectivity index (χ1) is 15.9. The number of rotatable bonds is 6. The van der Waals surface area contributed by atoms with E-state index in [4.69, 9.17) is 23.2 Å². The highest BCUT2D eigenvalue weighted by molar-refractivity contribution is 6.33. The van der Waals surface area contributed by atoms with Crippen LogP contribution in [0.2, 0.25) is 10.0 Å². The molecular formula is C25H33Cl2FN4O. The van der Waals surface area contributed by atoms with Crippen molar-refractivity contribution in [1.29, 1.82) is 0 Å². The third-order valence-electron chi connectivity index (χ3n) is 7.06. The molecule has 1 unspecified atom stereocenters. The first-order valence-electron chi connectivity index (χ1n) is 11.9. The zero-order valence-electron chi connectivity index (χ0n) is 19.4. The van der Waals surface area contributed by atoms with Gasteiger partial charge in [-0.25, -0.2) is 9.37 Å². The molecule has 2 fully saturated rings. The fourth-order valence-electron chi connectivity index (χ4n) is 5.11. The predicted octanol–water partition coefficient (Wildman–Crippen LogP) is 5.15. The summed E-state index contributed by atoms with van der Waals surface area (Å²) in [4.78, 5) is 11.8. The average molecular weight is 495 g/mol. The molecule has 2 atom stereocenters. The van der Waals surface area contributed by atoms with Gasteiger partial charge in [0.25, 0.3) is 0 Å². The molecule has 0 saturated carbocycles. The van der Waals surface area contributed by atoms with E-state index in [1.165, 1.54) is 6.07 Å². The lowest BCUT2D eigenvalue weighted by Crippen LogP contribution is -2.58. The van der Waals surface area contributed by atoms with Gasteiger partial charge in [-0.05, 0) is 57.5 Å². The Hall–Kier alpha value is -1.44. The van der Waals surface area contributed by atoms with Crippen LogP contribution in [0.5, 0.6) is 0 Å². The third kappa shape index (κ3) is 5.80. The molecule has 0 amide bonds. The van der Waals surface area contributed by atoms with Gasteiger partial charge in [0.2, 0.25) is 0 Å². The van der Waals surface area contributed by atoms with Crippen LogP contribution in [0.15, 0.2) is 30.5 Å². The van der Waals surface area contributed by atoms with Crippen LogP contribution in [-0.4, -0.2) is 64.7 Å². The van der Waals surface area contributed by atoms with Crippen LogP contribution in [0, 0.1) is 5.82 Å². The fourth-order valence-corrected chi connectivity index (χ4v) is 5.57. The number of anilines is 1. The molecule has 8 heteroatoms. The molecule has 2 saturated heterocycles. The Bertz CT molecular complexity index is 952. The number of halogens is 3. The van der Waals surface area contributed by atoms with E-state index in [0.717, 1.165) is 63.4 Å². The minimum absolute atomic E-state index is 0.222. The number of likely N-dealkylation sites (tertiary alicyclic amines) is 1. The summed E-state index contributed by atoms with van der Waals surface area (Å²) in [7, 11) is 0. The first-order valence-corrected chi connectivity index (χ1v) is 12.6. The molecule has 2 aromatic rings. The third-order valence-corrected chi connectivity index (χ3v) is 7.57. The zero-order valence-corrected chi connectivity index (χ0v) is 20.9. The summed E-state index contributed by atoms with van der Waals surface area (Å²) in [5.74, 6) is 0.583. The van der Waals surface area contributed by atoms with Crippen LogP contribution in [-0.2, 0) is 6.54 Å². The number of aromatic nitrogens is 1. The average Bonchev–Trinajstić information content (AvgIpc) is 2.81. The molecule has 0 radical (unpaired) electrons. The van der Waals surface area contributed by atoms with Crippen molar-refractivity contribution in [3.05, 3.63) is 57.5 Å². The topological polar surface area (TPSA) is 42.8 Å². The van der Waals surface area contributed by atoms with Gasteiger partial charge in [0.05, 0.1) is 11.1 Å². The maximum atomic E-state index is 14.2. The van der Waals surface area contributed by atoms with Crippen molar-refractivity contribution < 1.29 is 9.50 Å². The van der Waals surface area contributed by atoms with Crippen molar-refractivity contribution in [3.63, 3.8) is 0 Å². The van der Waals surface area contributed by atoms with Gasteiger partial charge in [-0.2, -0.15) is 0 Å². The molecule has 2 aliphatic heterocycles. The van der Waals surface area contributed by atoms with Gasteiger partial charge in [0.1, 0.15) is 11.6 Å². The normalized spacial score (nSPS) is 22.0. The van der Waals surface area contributed by atoms with Crippen LogP contribution < -0.4 is 4.90 Å². The van der Waals surface area contributed by atoms with Crippen LogP contribution >= 0.6 is 23.2 Å². The maximum absolute atomic E-state index is 14.2. The number of benzene rings is 1. The van der Waals surface area contributed by atoms with Crippen LogP contribution in [0.4, 0.5) is 10.2 Å². The largest absolute Gasteiger partial charge is 0.389 e. The maximum Gasteiger partial charge on any atom is 0.147 e. The molecule has 3 heterocycles. The number of piperidine rings is 1.